The third-order valence-corrected chi connectivity index (χ3v) is 3.11. The second kappa shape index (κ2) is 3.62. The van der Waals surface area contributed by atoms with Gasteiger partial charge in [0, 0.05) is 13.1 Å². The van der Waals surface area contributed by atoms with Gasteiger partial charge in [-0.2, -0.15) is 0 Å². The Morgan fingerprint density at radius 3 is 3.00 bits per heavy atom. The lowest BCUT2D eigenvalue weighted by Gasteiger charge is -2.13. The number of aryl methyl sites for hydroxylation is 1. The van der Waals surface area contributed by atoms with Gasteiger partial charge >= 0.3 is 0 Å². The maximum atomic E-state index is 11.8. The molecule has 1 amide bonds. The van der Waals surface area contributed by atoms with E-state index in [1.807, 2.05) is 0 Å². The maximum absolute atomic E-state index is 11.8. The molecule has 1 aromatic rings. The van der Waals surface area contributed by atoms with Crippen LogP contribution >= 0.6 is 11.5 Å². The van der Waals surface area contributed by atoms with Crippen molar-refractivity contribution >= 4 is 17.4 Å². The number of aliphatic hydroxyl groups excluding tert-OH is 1. The third kappa shape index (κ3) is 1.62. The summed E-state index contributed by atoms with van der Waals surface area (Å²) in [4.78, 5) is 14.0. The number of nitrogens with zero attached hydrogens (tertiary/aromatic N) is 3. The standard InChI is InChI=1S/C8H11N3O2S/c1-5-7(14-10-9-5)8(13)11-3-2-6(12)4-11/h6,12H,2-4H2,1H3/t6-/m0/s1. The fourth-order valence-corrected chi connectivity index (χ4v) is 2.12. The predicted molar refractivity (Wildman–Crippen MR) is 51.2 cm³/mol. The molecule has 0 radical (unpaired) electrons. The second-order valence-electron chi connectivity index (χ2n) is 3.38. The first-order valence-electron chi connectivity index (χ1n) is 4.45. The molecule has 1 fully saturated rings. The summed E-state index contributed by atoms with van der Waals surface area (Å²) in [5, 5.41) is 13.1. The lowest BCUT2D eigenvalue weighted by Crippen LogP contribution is -2.29. The van der Waals surface area contributed by atoms with Crippen molar-refractivity contribution in [1.82, 2.24) is 14.5 Å². The topological polar surface area (TPSA) is 66.3 Å². The maximum Gasteiger partial charge on any atom is 0.267 e. The Kier molecular flexibility index (Phi) is 2.47. The van der Waals surface area contributed by atoms with Crippen LogP contribution in [0.5, 0.6) is 0 Å². The number of aromatic nitrogens is 2. The Morgan fingerprint density at radius 2 is 2.50 bits per heavy atom. The first-order chi connectivity index (χ1) is 6.68. The fraction of sp³-hybridized carbons (Fsp3) is 0.625. The van der Waals surface area contributed by atoms with Crippen molar-refractivity contribution in [3.63, 3.8) is 0 Å². The minimum absolute atomic E-state index is 0.0611. The van der Waals surface area contributed by atoms with Gasteiger partial charge in [-0.15, -0.1) is 5.10 Å². The summed E-state index contributed by atoms with van der Waals surface area (Å²) in [6.45, 7) is 2.82. The van der Waals surface area contributed by atoms with E-state index in [4.69, 9.17) is 0 Å². The van der Waals surface area contributed by atoms with Crippen molar-refractivity contribution in [2.75, 3.05) is 13.1 Å². The van der Waals surface area contributed by atoms with Crippen molar-refractivity contribution in [2.24, 2.45) is 0 Å². The average Bonchev–Trinajstić information content (AvgIpc) is 2.73. The molecule has 76 valence electrons. The van der Waals surface area contributed by atoms with Gasteiger partial charge in [0.15, 0.2) is 0 Å². The molecule has 1 atom stereocenters. The monoisotopic (exact) mass is 213 g/mol. The molecule has 0 spiro atoms. The number of carbonyl (C=O) groups excluding carboxylic acids is 1. The minimum Gasteiger partial charge on any atom is -0.391 e. The van der Waals surface area contributed by atoms with Crippen LogP contribution in [0.2, 0.25) is 0 Å². The summed E-state index contributed by atoms with van der Waals surface area (Å²) in [5.74, 6) is -0.0611. The van der Waals surface area contributed by atoms with E-state index in [0.29, 0.717) is 30.1 Å². The highest BCUT2D eigenvalue weighted by molar-refractivity contribution is 7.07. The van der Waals surface area contributed by atoms with E-state index in [2.05, 4.69) is 9.59 Å². The summed E-state index contributed by atoms with van der Waals surface area (Å²) in [6, 6.07) is 0. The summed E-state index contributed by atoms with van der Waals surface area (Å²) < 4.78 is 3.71. The smallest absolute Gasteiger partial charge is 0.267 e. The van der Waals surface area contributed by atoms with Crippen LogP contribution in [-0.4, -0.2) is 44.7 Å². The molecule has 2 heterocycles. The molecule has 0 saturated carbocycles. The fourth-order valence-electron chi connectivity index (χ4n) is 1.50. The van der Waals surface area contributed by atoms with Gasteiger partial charge in [-0.3, -0.25) is 4.79 Å². The number of aliphatic hydroxyl groups is 1. The number of hydrogen-bond donors (Lipinski definition) is 1. The summed E-state index contributed by atoms with van der Waals surface area (Å²) in [5.41, 5.74) is 0.668. The highest BCUT2D eigenvalue weighted by Crippen LogP contribution is 2.17. The van der Waals surface area contributed by atoms with Crippen LogP contribution in [0.25, 0.3) is 0 Å². The molecule has 0 aromatic carbocycles. The van der Waals surface area contributed by atoms with Gasteiger partial charge in [-0.1, -0.05) is 4.49 Å². The SMILES string of the molecule is Cc1nnsc1C(=O)N1CC[C@H](O)C1. The van der Waals surface area contributed by atoms with E-state index in [1.54, 1.807) is 11.8 Å². The predicted octanol–water partition coefficient (Wildman–Crippen LogP) is 0.0533. The number of β-amino-alcohol motifs (C(OH)–C–C–N with tert-alkyl or cyclic N) is 1. The summed E-state index contributed by atoms with van der Waals surface area (Å²) in [7, 11) is 0. The van der Waals surface area contributed by atoms with Crippen molar-refractivity contribution < 1.29 is 9.90 Å². The lowest BCUT2D eigenvalue weighted by atomic mass is 10.3. The normalized spacial score (nSPS) is 21.6. The Bertz CT molecular complexity index is 352. The first kappa shape index (κ1) is 9.54. The summed E-state index contributed by atoms with van der Waals surface area (Å²) in [6.07, 6.45) is 0.289. The molecular formula is C8H11N3O2S. The molecule has 0 aliphatic carbocycles. The van der Waals surface area contributed by atoms with Crippen LogP contribution < -0.4 is 0 Å². The van der Waals surface area contributed by atoms with E-state index in [-0.39, 0.29) is 12.0 Å². The van der Waals surface area contributed by atoms with Crippen LogP contribution in [0.4, 0.5) is 0 Å². The van der Waals surface area contributed by atoms with E-state index in [0.717, 1.165) is 11.5 Å². The molecule has 1 aliphatic rings. The molecule has 14 heavy (non-hydrogen) atoms. The zero-order valence-electron chi connectivity index (χ0n) is 7.80. The first-order valence-corrected chi connectivity index (χ1v) is 5.22. The van der Waals surface area contributed by atoms with Crippen molar-refractivity contribution in [3.05, 3.63) is 10.6 Å². The van der Waals surface area contributed by atoms with Gasteiger partial charge in [0.1, 0.15) is 4.88 Å². The highest BCUT2D eigenvalue weighted by atomic mass is 32.1. The largest absolute Gasteiger partial charge is 0.391 e. The third-order valence-electron chi connectivity index (χ3n) is 2.30. The Balaban J connectivity index is 2.13. The van der Waals surface area contributed by atoms with Crippen LogP contribution in [-0.2, 0) is 0 Å². The quantitative estimate of drug-likeness (QED) is 0.716. The van der Waals surface area contributed by atoms with Crippen LogP contribution in [0.1, 0.15) is 21.8 Å². The van der Waals surface area contributed by atoms with Crippen LogP contribution in [0.15, 0.2) is 0 Å². The number of likely N-dealkylation sites (tertiary alicyclic amines) is 1. The molecule has 6 heteroatoms. The van der Waals surface area contributed by atoms with E-state index < -0.39 is 0 Å². The molecule has 0 bridgehead atoms. The van der Waals surface area contributed by atoms with E-state index in [9.17, 15) is 9.90 Å². The Morgan fingerprint density at radius 1 is 1.71 bits per heavy atom. The van der Waals surface area contributed by atoms with Gasteiger partial charge < -0.3 is 10.0 Å². The highest BCUT2D eigenvalue weighted by Gasteiger charge is 2.27. The van der Waals surface area contributed by atoms with E-state index >= 15 is 0 Å². The lowest BCUT2D eigenvalue weighted by molar-refractivity contribution is 0.0769. The van der Waals surface area contributed by atoms with Gasteiger partial charge in [-0.05, 0) is 24.9 Å². The van der Waals surface area contributed by atoms with Gasteiger partial charge in [0.25, 0.3) is 5.91 Å². The average molecular weight is 213 g/mol. The molecule has 1 N–H and O–H groups in total. The summed E-state index contributed by atoms with van der Waals surface area (Å²) >= 11 is 1.11. The number of amides is 1. The van der Waals surface area contributed by atoms with Crippen molar-refractivity contribution in [1.29, 1.82) is 0 Å². The minimum atomic E-state index is -0.375. The Hall–Kier alpha value is -1.01. The second-order valence-corrected chi connectivity index (χ2v) is 4.14. The molecule has 0 unspecified atom stereocenters. The molecule has 2 rings (SSSR count). The molecular weight excluding hydrogens is 202 g/mol. The van der Waals surface area contributed by atoms with Crippen LogP contribution in [0, 0.1) is 6.92 Å². The molecule has 1 aromatic heterocycles. The molecule has 1 aliphatic heterocycles. The van der Waals surface area contributed by atoms with Crippen molar-refractivity contribution in [2.45, 2.75) is 19.4 Å². The Labute approximate surface area is 85.5 Å². The zero-order chi connectivity index (χ0) is 10.1. The van der Waals surface area contributed by atoms with E-state index in [1.165, 1.54) is 0 Å². The number of rotatable bonds is 1. The number of carbonyl (C=O) groups is 1. The van der Waals surface area contributed by atoms with Gasteiger partial charge in [0.2, 0.25) is 0 Å². The zero-order valence-corrected chi connectivity index (χ0v) is 8.62. The van der Waals surface area contributed by atoms with Crippen molar-refractivity contribution in [3.8, 4) is 0 Å². The van der Waals surface area contributed by atoms with Gasteiger partial charge in [-0.25, -0.2) is 0 Å². The number of hydrogen-bond acceptors (Lipinski definition) is 5. The van der Waals surface area contributed by atoms with Crippen LogP contribution in [0.3, 0.4) is 0 Å². The molecule has 5 nitrogen and oxygen atoms in total. The molecule has 1 saturated heterocycles. The van der Waals surface area contributed by atoms with Gasteiger partial charge in [0.05, 0.1) is 11.8 Å².